The van der Waals surface area contributed by atoms with E-state index in [-0.39, 0.29) is 40.2 Å². The van der Waals surface area contributed by atoms with Gasteiger partial charge >= 0.3 is 18.3 Å². The number of alkyl halides is 5. The Morgan fingerprint density at radius 3 is 2.56 bits per heavy atom. The average molecular weight is 581 g/mol. The van der Waals surface area contributed by atoms with Gasteiger partial charge in [0, 0.05) is 12.3 Å². The molecule has 1 aromatic carbocycles. The first-order chi connectivity index (χ1) is 19.4. The molecule has 3 aromatic heterocycles. The summed E-state index contributed by atoms with van der Waals surface area (Å²) in [5.74, 6) is -5.68. The van der Waals surface area contributed by atoms with Crippen LogP contribution in [0.5, 0.6) is 23.4 Å². The van der Waals surface area contributed by atoms with Crippen molar-refractivity contribution in [3.05, 3.63) is 48.2 Å². The van der Waals surface area contributed by atoms with E-state index in [2.05, 4.69) is 24.8 Å². The molecule has 1 saturated heterocycles. The molecular weight excluding hydrogens is 564 g/mol. The van der Waals surface area contributed by atoms with E-state index in [4.69, 9.17) is 19.5 Å². The first-order valence-electron chi connectivity index (χ1n) is 11.5. The summed E-state index contributed by atoms with van der Waals surface area (Å²) in [5, 5.41) is 13.2. The molecule has 0 aliphatic carbocycles. The van der Waals surface area contributed by atoms with Crippen LogP contribution in [-0.4, -0.2) is 70.3 Å². The monoisotopic (exact) mass is 581 g/mol. The van der Waals surface area contributed by atoms with Gasteiger partial charge in [-0.25, -0.2) is 18.7 Å². The summed E-state index contributed by atoms with van der Waals surface area (Å²) in [4.78, 5) is 13.2. The van der Waals surface area contributed by atoms with Gasteiger partial charge in [0.15, 0.2) is 17.5 Å². The first kappa shape index (κ1) is 27.6. The standard InChI is InChI=1S/C24H17F6N7O4/c1-38-21-14(8-33-22(34-21)39-2)15-6-16(20-32-9-19(25)37(20)35-15)36-10-18(23(26,27)11-36)40-13-4-3-12(7-31)17(5-13)41-24(28,29)30/h3-6,8-9,18H,10-11H2,1-2H3. The molecule has 0 bridgehead atoms. The number of methoxy groups -OCH3 is 2. The SMILES string of the molecule is COc1ncc(-c2cc(N3CC(Oc4ccc(C#N)c(OC(F)(F)F)c4)C(F)(F)C3)c3ncc(F)n3n2)c(OC)n1. The third-order valence-corrected chi connectivity index (χ3v) is 5.97. The first-order valence-corrected chi connectivity index (χ1v) is 11.5. The van der Waals surface area contributed by atoms with E-state index < -0.39 is 48.7 Å². The lowest BCUT2D eigenvalue weighted by molar-refractivity contribution is -0.274. The maximum atomic E-state index is 15.2. The smallest absolute Gasteiger partial charge is 0.482 e. The van der Waals surface area contributed by atoms with Crippen molar-refractivity contribution >= 4 is 11.3 Å². The molecule has 4 aromatic rings. The van der Waals surface area contributed by atoms with Crippen LogP contribution in [0.3, 0.4) is 0 Å². The van der Waals surface area contributed by atoms with Gasteiger partial charge < -0.3 is 23.8 Å². The number of hydrogen-bond acceptors (Lipinski definition) is 10. The fourth-order valence-electron chi connectivity index (χ4n) is 4.17. The second-order valence-electron chi connectivity index (χ2n) is 8.58. The Morgan fingerprint density at radius 2 is 1.88 bits per heavy atom. The van der Waals surface area contributed by atoms with E-state index in [0.717, 1.165) is 22.8 Å². The van der Waals surface area contributed by atoms with Crippen LogP contribution >= 0.6 is 0 Å². The van der Waals surface area contributed by atoms with Gasteiger partial charge in [0.1, 0.15) is 17.5 Å². The Bertz CT molecular complexity index is 1660. The zero-order valence-corrected chi connectivity index (χ0v) is 21.0. The summed E-state index contributed by atoms with van der Waals surface area (Å²) in [6.07, 6.45) is -4.82. The molecule has 11 nitrogen and oxygen atoms in total. The molecule has 5 rings (SSSR count). The Hall–Kier alpha value is -5.01. The highest BCUT2D eigenvalue weighted by Crippen LogP contribution is 2.39. The molecule has 214 valence electrons. The van der Waals surface area contributed by atoms with Crippen LogP contribution in [0.15, 0.2) is 36.7 Å². The summed E-state index contributed by atoms with van der Waals surface area (Å²) in [7, 11) is 2.66. The highest BCUT2D eigenvalue weighted by Gasteiger charge is 2.51. The molecule has 0 N–H and O–H groups in total. The number of fused-ring (bicyclic) bond motifs is 1. The maximum absolute atomic E-state index is 15.2. The molecule has 41 heavy (non-hydrogen) atoms. The van der Waals surface area contributed by atoms with Crippen molar-refractivity contribution in [3.8, 4) is 40.7 Å². The fraction of sp³-hybridized carbons (Fsp3) is 0.292. The van der Waals surface area contributed by atoms with Crippen LogP contribution < -0.4 is 23.8 Å². The highest BCUT2D eigenvalue weighted by atomic mass is 19.4. The fourth-order valence-corrected chi connectivity index (χ4v) is 4.17. The normalized spacial score (nSPS) is 16.5. The topological polar surface area (TPSA) is 120 Å². The van der Waals surface area contributed by atoms with Crippen LogP contribution in [0.2, 0.25) is 0 Å². The third-order valence-electron chi connectivity index (χ3n) is 5.97. The Kier molecular flexibility index (Phi) is 6.85. The summed E-state index contributed by atoms with van der Waals surface area (Å²) in [6, 6.07) is 5.60. The summed E-state index contributed by atoms with van der Waals surface area (Å²) >= 11 is 0. The van der Waals surface area contributed by atoms with E-state index in [1.807, 2.05) is 0 Å². The zero-order valence-electron chi connectivity index (χ0n) is 21.0. The number of nitrogens with zero attached hydrogens (tertiary/aromatic N) is 7. The molecule has 1 fully saturated rings. The predicted octanol–water partition coefficient (Wildman–Crippen LogP) is 4.02. The molecule has 17 heteroatoms. The molecule has 0 amide bonds. The molecule has 4 heterocycles. The summed E-state index contributed by atoms with van der Waals surface area (Å²) in [5.41, 5.74) is -0.269. The number of benzene rings is 1. The number of rotatable bonds is 7. The Labute approximate surface area is 226 Å². The Balaban J connectivity index is 1.50. The lowest BCUT2D eigenvalue weighted by atomic mass is 10.2. The van der Waals surface area contributed by atoms with Gasteiger partial charge in [-0.05, 0) is 18.2 Å². The van der Waals surface area contributed by atoms with Gasteiger partial charge in [-0.2, -0.15) is 24.3 Å². The predicted molar refractivity (Wildman–Crippen MR) is 126 cm³/mol. The largest absolute Gasteiger partial charge is 0.573 e. The number of ether oxygens (including phenoxy) is 4. The quantitative estimate of drug-likeness (QED) is 0.296. The van der Waals surface area contributed by atoms with Gasteiger partial charge in [-0.3, -0.25) is 0 Å². The number of hydrogen-bond donors (Lipinski definition) is 0. The van der Waals surface area contributed by atoms with E-state index >= 15 is 8.78 Å². The number of halogens is 6. The van der Waals surface area contributed by atoms with Crippen LogP contribution in [0.25, 0.3) is 16.9 Å². The van der Waals surface area contributed by atoms with Gasteiger partial charge in [-0.15, -0.1) is 13.2 Å². The van der Waals surface area contributed by atoms with Crippen molar-refractivity contribution in [3.63, 3.8) is 0 Å². The molecule has 1 aliphatic rings. The molecule has 0 saturated carbocycles. The van der Waals surface area contributed by atoms with Crippen LogP contribution in [0.4, 0.5) is 32.0 Å². The van der Waals surface area contributed by atoms with E-state index in [1.165, 1.54) is 37.5 Å². The molecular formula is C24H17F6N7O4. The number of nitriles is 1. The lowest BCUT2D eigenvalue weighted by Crippen LogP contribution is -2.36. The summed E-state index contributed by atoms with van der Waals surface area (Å²) in [6.45, 7) is -1.39. The van der Waals surface area contributed by atoms with Gasteiger partial charge in [-0.1, -0.05) is 0 Å². The van der Waals surface area contributed by atoms with E-state index in [1.54, 1.807) is 0 Å². The zero-order chi connectivity index (χ0) is 29.5. The molecule has 1 unspecified atom stereocenters. The average Bonchev–Trinajstić information content (AvgIpc) is 3.45. The minimum Gasteiger partial charge on any atom is -0.482 e. The molecule has 0 spiro atoms. The minimum atomic E-state index is -5.13. The van der Waals surface area contributed by atoms with Gasteiger partial charge in [0.25, 0.3) is 0 Å². The molecule has 1 atom stereocenters. The second kappa shape index (κ2) is 10.2. The van der Waals surface area contributed by atoms with Crippen LogP contribution in [-0.2, 0) is 0 Å². The number of aromatic nitrogens is 5. The number of imidazole rings is 1. The molecule has 0 radical (unpaired) electrons. The van der Waals surface area contributed by atoms with Crippen LogP contribution in [0, 0.1) is 17.3 Å². The van der Waals surface area contributed by atoms with E-state index in [0.29, 0.717) is 6.07 Å². The van der Waals surface area contributed by atoms with Crippen molar-refractivity contribution < 1.29 is 45.3 Å². The number of anilines is 1. The third kappa shape index (κ3) is 5.40. The van der Waals surface area contributed by atoms with Gasteiger partial charge in [0.2, 0.25) is 11.8 Å². The highest BCUT2D eigenvalue weighted by molar-refractivity contribution is 5.76. The maximum Gasteiger partial charge on any atom is 0.573 e. The van der Waals surface area contributed by atoms with Crippen molar-refractivity contribution in [1.82, 2.24) is 24.6 Å². The summed E-state index contributed by atoms with van der Waals surface area (Å²) < 4.78 is 103. The minimum absolute atomic E-state index is 0.0147. The van der Waals surface area contributed by atoms with Gasteiger partial charge in [0.05, 0.1) is 50.3 Å². The second-order valence-corrected chi connectivity index (χ2v) is 8.58. The lowest BCUT2D eigenvalue weighted by Gasteiger charge is -2.20. The van der Waals surface area contributed by atoms with Crippen molar-refractivity contribution in [2.75, 3.05) is 32.2 Å². The molecule has 1 aliphatic heterocycles. The van der Waals surface area contributed by atoms with Crippen molar-refractivity contribution in [2.45, 2.75) is 18.4 Å². The van der Waals surface area contributed by atoms with Crippen molar-refractivity contribution in [2.24, 2.45) is 0 Å². The van der Waals surface area contributed by atoms with E-state index in [9.17, 15) is 17.6 Å². The Morgan fingerprint density at radius 1 is 1.10 bits per heavy atom. The van der Waals surface area contributed by atoms with Crippen LogP contribution in [0.1, 0.15) is 5.56 Å². The van der Waals surface area contributed by atoms with Crippen molar-refractivity contribution in [1.29, 1.82) is 5.26 Å².